The van der Waals surface area contributed by atoms with E-state index in [2.05, 4.69) is 0 Å². The number of benzene rings is 2. The molecule has 2 nitrogen and oxygen atoms in total. The summed E-state index contributed by atoms with van der Waals surface area (Å²) in [5.74, 6) is 0.259. The maximum absolute atomic E-state index is 10.9. The quantitative estimate of drug-likeness (QED) is 0.413. The van der Waals surface area contributed by atoms with Crippen molar-refractivity contribution in [3.8, 4) is 16.9 Å². The Kier molecular flexibility index (Phi) is 4.12. The Morgan fingerprint density at radius 1 is 0.826 bits per heavy atom. The Labute approximate surface area is 145 Å². The third-order valence-corrected chi connectivity index (χ3v) is 4.20. The smallest absolute Gasteiger partial charge is 0.240 e. The van der Waals surface area contributed by atoms with Gasteiger partial charge in [0.25, 0.3) is 0 Å². The van der Waals surface area contributed by atoms with Crippen molar-refractivity contribution in [1.29, 1.82) is 0 Å². The Morgan fingerprint density at radius 2 is 1.57 bits per heavy atom. The number of aromatic nitrogens is 1. The molecule has 114 valence electrons. The van der Waals surface area contributed by atoms with Gasteiger partial charge in [0, 0.05) is 12.1 Å². The van der Waals surface area contributed by atoms with Crippen molar-refractivity contribution in [1.82, 2.24) is 0 Å². The number of hydrogen-bond donors (Lipinski definition) is 1. The first-order valence-corrected chi connectivity index (χ1v) is 7.44. The number of fused-ring (bicyclic) bond motifs is 3. The zero-order valence-electron chi connectivity index (χ0n) is 12.1. The van der Waals surface area contributed by atoms with Crippen molar-refractivity contribution in [2.75, 3.05) is 0 Å². The maximum Gasteiger partial charge on any atom is 0.240 e. The van der Waals surface area contributed by atoms with E-state index in [0.29, 0.717) is 5.02 Å². The molecule has 0 atom stereocenters. The van der Waals surface area contributed by atoms with Crippen LogP contribution in [-0.2, 0) is 0 Å². The number of aromatic hydroxyl groups is 1. The van der Waals surface area contributed by atoms with Gasteiger partial charge in [-0.15, -0.1) is 0 Å². The van der Waals surface area contributed by atoms with Crippen LogP contribution in [0.5, 0.6) is 5.75 Å². The first-order chi connectivity index (χ1) is 10.8. The lowest BCUT2D eigenvalue weighted by Gasteiger charge is -2.09. The molecule has 0 amide bonds. The van der Waals surface area contributed by atoms with Gasteiger partial charge in [-0.3, -0.25) is 0 Å². The maximum atomic E-state index is 10.9. The second kappa shape index (κ2) is 6.07. The van der Waals surface area contributed by atoms with Crippen LogP contribution in [0.4, 0.5) is 0 Å². The van der Waals surface area contributed by atoms with Gasteiger partial charge in [-0.1, -0.05) is 48.0 Å². The van der Waals surface area contributed by atoms with E-state index in [1.807, 2.05) is 77.3 Å². The average molecular weight is 342 g/mol. The highest BCUT2D eigenvalue weighted by Gasteiger charge is 2.23. The van der Waals surface area contributed by atoms with Gasteiger partial charge in [-0.25, -0.2) is 0 Å². The van der Waals surface area contributed by atoms with Crippen molar-refractivity contribution in [2.24, 2.45) is 0 Å². The van der Waals surface area contributed by atoms with Crippen molar-refractivity contribution in [2.45, 2.75) is 0 Å². The number of rotatable bonds is 1. The minimum Gasteiger partial charge on any atom is -1.00 e. The number of nitrogens with zero attached hydrogens (tertiary/aromatic N) is 1. The van der Waals surface area contributed by atoms with Crippen LogP contribution in [0.1, 0.15) is 0 Å². The minimum atomic E-state index is 0. The number of para-hydroxylation sites is 1. The molecule has 0 spiro atoms. The summed E-state index contributed by atoms with van der Waals surface area (Å²) in [6, 6.07) is 21.4. The van der Waals surface area contributed by atoms with E-state index in [4.69, 9.17) is 11.6 Å². The molecule has 2 aromatic heterocycles. The SMILES string of the molecule is Oc1c(-c2ccccc2)c2cccc[n+]2c2c(Cl)cccc12.[Cl-]. The molecule has 4 rings (SSSR count). The van der Waals surface area contributed by atoms with Crippen molar-refractivity contribution >= 4 is 28.0 Å². The molecule has 1 N–H and O–H groups in total. The van der Waals surface area contributed by atoms with Gasteiger partial charge >= 0.3 is 0 Å². The van der Waals surface area contributed by atoms with E-state index in [1.54, 1.807) is 0 Å². The molecule has 4 heteroatoms. The molecule has 0 radical (unpaired) electrons. The lowest BCUT2D eigenvalue weighted by Crippen LogP contribution is -3.00. The molecule has 0 aliphatic rings. The number of hydrogen-bond acceptors (Lipinski definition) is 1. The molecule has 0 bridgehead atoms. The van der Waals surface area contributed by atoms with Gasteiger partial charge in [0.15, 0.2) is 6.20 Å². The van der Waals surface area contributed by atoms with Gasteiger partial charge in [-0.05, 0) is 23.8 Å². The monoisotopic (exact) mass is 341 g/mol. The van der Waals surface area contributed by atoms with Crippen molar-refractivity contribution in [3.63, 3.8) is 0 Å². The Balaban J connectivity index is 0.00000156. The van der Waals surface area contributed by atoms with Gasteiger partial charge in [-0.2, -0.15) is 4.40 Å². The van der Waals surface area contributed by atoms with Gasteiger partial charge in [0.2, 0.25) is 11.0 Å². The first-order valence-electron chi connectivity index (χ1n) is 7.06. The number of halogens is 2. The van der Waals surface area contributed by atoms with Crippen LogP contribution < -0.4 is 16.8 Å². The highest BCUT2D eigenvalue weighted by atomic mass is 35.5. The third kappa shape index (κ3) is 2.40. The van der Waals surface area contributed by atoms with Crippen LogP contribution >= 0.6 is 11.6 Å². The van der Waals surface area contributed by atoms with Crippen LogP contribution in [0.15, 0.2) is 72.9 Å². The summed E-state index contributed by atoms with van der Waals surface area (Å²) in [7, 11) is 0. The Hall–Kier alpha value is -2.29. The largest absolute Gasteiger partial charge is 1.00 e. The summed E-state index contributed by atoms with van der Waals surface area (Å²) in [5.41, 5.74) is 3.53. The van der Waals surface area contributed by atoms with Crippen molar-refractivity contribution in [3.05, 3.63) is 77.9 Å². The van der Waals surface area contributed by atoms with E-state index in [-0.39, 0.29) is 18.2 Å². The second-order valence-corrected chi connectivity index (χ2v) is 5.59. The minimum absolute atomic E-state index is 0. The zero-order valence-corrected chi connectivity index (χ0v) is 13.6. The zero-order chi connectivity index (χ0) is 15.1. The summed E-state index contributed by atoms with van der Waals surface area (Å²) in [6.07, 6.45) is 1.97. The summed E-state index contributed by atoms with van der Waals surface area (Å²) < 4.78 is 2.03. The molecule has 0 unspecified atom stereocenters. The lowest BCUT2D eigenvalue weighted by atomic mass is 10.0. The molecule has 0 aliphatic heterocycles. The lowest BCUT2D eigenvalue weighted by molar-refractivity contribution is -0.481. The molecule has 4 aromatic rings. The standard InChI is InChI=1S/C19H12ClNO.ClH/c20-15-10-6-9-14-18(15)21-12-5-4-11-16(21)17(19(14)22)13-7-2-1-3-8-13;/h1-12H;1H. The topological polar surface area (TPSA) is 24.3 Å². The van der Waals surface area contributed by atoms with E-state index >= 15 is 0 Å². The Bertz CT molecular complexity index is 1000. The summed E-state index contributed by atoms with van der Waals surface area (Å²) in [5, 5.41) is 12.2. The van der Waals surface area contributed by atoms with E-state index in [9.17, 15) is 5.11 Å². The van der Waals surface area contributed by atoms with E-state index in [1.165, 1.54) is 0 Å². The van der Waals surface area contributed by atoms with Crippen LogP contribution in [0, 0.1) is 0 Å². The molecule has 0 aliphatic carbocycles. The Morgan fingerprint density at radius 3 is 2.35 bits per heavy atom. The van der Waals surface area contributed by atoms with Crippen LogP contribution in [-0.4, -0.2) is 5.11 Å². The normalized spacial score (nSPS) is 10.7. The molecule has 2 aromatic carbocycles. The molecular weight excluding hydrogens is 329 g/mol. The average Bonchev–Trinajstić information content (AvgIpc) is 2.56. The third-order valence-electron chi connectivity index (χ3n) is 3.90. The van der Waals surface area contributed by atoms with Gasteiger partial charge < -0.3 is 17.5 Å². The fourth-order valence-electron chi connectivity index (χ4n) is 2.94. The van der Waals surface area contributed by atoms with E-state index < -0.39 is 0 Å². The predicted molar refractivity (Wildman–Crippen MR) is 89.2 cm³/mol. The van der Waals surface area contributed by atoms with E-state index in [0.717, 1.165) is 27.5 Å². The molecule has 23 heavy (non-hydrogen) atoms. The summed E-state index contributed by atoms with van der Waals surface area (Å²) >= 11 is 6.37. The summed E-state index contributed by atoms with van der Waals surface area (Å²) in [6.45, 7) is 0. The molecule has 0 fully saturated rings. The van der Waals surface area contributed by atoms with Crippen LogP contribution in [0.25, 0.3) is 27.5 Å². The van der Waals surface area contributed by atoms with Gasteiger partial charge in [0.05, 0.1) is 10.9 Å². The second-order valence-electron chi connectivity index (χ2n) is 5.18. The van der Waals surface area contributed by atoms with Crippen LogP contribution in [0.2, 0.25) is 5.02 Å². The number of pyridine rings is 2. The van der Waals surface area contributed by atoms with Crippen molar-refractivity contribution < 1.29 is 21.9 Å². The first kappa shape index (κ1) is 15.6. The van der Waals surface area contributed by atoms with Gasteiger partial charge in [0.1, 0.15) is 10.8 Å². The summed E-state index contributed by atoms with van der Waals surface area (Å²) in [4.78, 5) is 0. The fourth-order valence-corrected chi connectivity index (χ4v) is 3.20. The van der Waals surface area contributed by atoms with Crippen LogP contribution in [0.3, 0.4) is 0 Å². The molecule has 0 saturated heterocycles. The highest BCUT2D eigenvalue weighted by Crippen LogP contribution is 2.38. The predicted octanol–water partition coefficient (Wildman–Crippen LogP) is 1.61. The fraction of sp³-hybridized carbons (Fsp3) is 0. The molecule has 0 saturated carbocycles. The molecular formula is C19H13Cl2NO. The molecule has 2 heterocycles. The highest BCUT2D eigenvalue weighted by molar-refractivity contribution is 6.35.